The van der Waals surface area contributed by atoms with Crippen molar-refractivity contribution in [3.05, 3.63) is 57.7 Å². The van der Waals surface area contributed by atoms with Crippen molar-refractivity contribution < 1.29 is 4.79 Å². The van der Waals surface area contributed by atoms with Crippen LogP contribution in [0.15, 0.2) is 36.5 Å². The Kier molecular flexibility index (Phi) is 6.38. The Morgan fingerprint density at radius 2 is 2.15 bits per heavy atom. The molecule has 0 aliphatic carbocycles. The van der Waals surface area contributed by atoms with Crippen molar-refractivity contribution in [2.45, 2.75) is 26.2 Å². The molecule has 1 unspecified atom stereocenters. The van der Waals surface area contributed by atoms with Crippen molar-refractivity contribution in [3.8, 4) is 0 Å². The molecular formula is C20H23Cl2N3O. The molecule has 1 aliphatic rings. The molecule has 26 heavy (non-hydrogen) atoms. The van der Waals surface area contributed by atoms with E-state index in [1.54, 1.807) is 12.3 Å². The largest absolute Gasteiger partial charge is 0.370 e. The topological polar surface area (TPSA) is 45.2 Å². The Morgan fingerprint density at radius 1 is 1.31 bits per heavy atom. The van der Waals surface area contributed by atoms with Crippen molar-refractivity contribution >= 4 is 34.9 Å². The molecule has 138 valence electrons. The Labute approximate surface area is 164 Å². The minimum Gasteiger partial charge on any atom is -0.370 e. The second kappa shape index (κ2) is 8.74. The monoisotopic (exact) mass is 391 g/mol. The van der Waals surface area contributed by atoms with Crippen molar-refractivity contribution in [1.29, 1.82) is 0 Å². The molecule has 1 aliphatic heterocycles. The third-order valence-corrected chi connectivity index (χ3v) is 5.26. The van der Waals surface area contributed by atoms with E-state index in [0.29, 0.717) is 28.1 Å². The molecule has 0 spiro atoms. The molecule has 0 bridgehead atoms. The summed E-state index contributed by atoms with van der Waals surface area (Å²) in [6, 6.07) is 9.21. The second-order valence-corrected chi connectivity index (χ2v) is 7.69. The number of anilines is 1. The number of piperidine rings is 1. The van der Waals surface area contributed by atoms with Crippen LogP contribution >= 0.6 is 23.2 Å². The third-order valence-electron chi connectivity index (χ3n) is 4.67. The normalized spacial score (nSPS) is 17.2. The van der Waals surface area contributed by atoms with E-state index in [1.807, 2.05) is 29.2 Å². The van der Waals surface area contributed by atoms with Gasteiger partial charge < -0.3 is 10.2 Å². The van der Waals surface area contributed by atoms with Crippen molar-refractivity contribution in [1.82, 2.24) is 9.88 Å². The summed E-state index contributed by atoms with van der Waals surface area (Å²) >= 11 is 12.1. The molecule has 3 rings (SSSR count). The van der Waals surface area contributed by atoms with Gasteiger partial charge in [0.25, 0.3) is 5.91 Å². The van der Waals surface area contributed by atoms with Gasteiger partial charge in [0.2, 0.25) is 0 Å². The number of aromatic nitrogens is 1. The molecule has 4 nitrogen and oxygen atoms in total. The molecule has 2 heterocycles. The highest BCUT2D eigenvalue weighted by Gasteiger charge is 2.22. The fourth-order valence-electron chi connectivity index (χ4n) is 3.23. The van der Waals surface area contributed by atoms with E-state index in [-0.39, 0.29) is 5.91 Å². The quantitative estimate of drug-likeness (QED) is 0.786. The first-order chi connectivity index (χ1) is 12.5. The number of halogens is 2. The van der Waals surface area contributed by atoms with Gasteiger partial charge in [0.05, 0.1) is 5.56 Å². The predicted molar refractivity (Wildman–Crippen MR) is 107 cm³/mol. The van der Waals surface area contributed by atoms with E-state index in [1.165, 1.54) is 6.42 Å². The lowest BCUT2D eigenvalue weighted by molar-refractivity contribution is 0.0682. The van der Waals surface area contributed by atoms with Crippen LogP contribution in [0.2, 0.25) is 10.0 Å². The standard InChI is InChI=1S/C20H23Cl2N3O/c1-14-3-2-10-25(13-14)20(26)16-5-7-19(24-12-16)23-9-8-15-4-6-17(21)11-18(15)22/h4-7,11-12,14H,2-3,8-10,13H2,1H3,(H,23,24). The summed E-state index contributed by atoms with van der Waals surface area (Å²) in [5.41, 5.74) is 1.68. The highest BCUT2D eigenvalue weighted by Crippen LogP contribution is 2.21. The SMILES string of the molecule is CC1CCCN(C(=O)c2ccc(NCCc3ccc(Cl)cc3Cl)nc2)C1. The van der Waals surface area contributed by atoms with Gasteiger partial charge in [-0.1, -0.05) is 36.2 Å². The summed E-state index contributed by atoms with van der Waals surface area (Å²) in [7, 11) is 0. The summed E-state index contributed by atoms with van der Waals surface area (Å²) in [4.78, 5) is 18.9. The van der Waals surface area contributed by atoms with Crippen LogP contribution in [-0.4, -0.2) is 35.4 Å². The summed E-state index contributed by atoms with van der Waals surface area (Å²) in [6.07, 6.45) is 4.69. The molecule has 6 heteroatoms. The summed E-state index contributed by atoms with van der Waals surface area (Å²) < 4.78 is 0. The lowest BCUT2D eigenvalue weighted by atomic mass is 10.00. The molecule has 1 fully saturated rings. The van der Waals surface area contributed by atoms with Crippen molar-refractivity contribution in [2.75, 3.05) is 25.0 Å². The first kappa shape index (κ1) is 19.0. The van der Waals surface area contributed by atoms with Crippen LogP contribution in [0.3, 0.4) is 0 Å². The van der Waals surface area contributed by atoms with Gasteiger partial charge in [-0.25, -0.2) is 4.98 Å². The number of nitrogens with one attached hydrogen (secondary N) is 1. The Balaban J connectivity index is 1.53. The average molecular weight is 392 g/mol. The molecular weight excluding hydrogens is 369 g/mol. The molecule has 2 aromatic rings. The highest BCUT2D eigenvalue weighted by atomic mass is 35.5. The first-order valence-electron chi connectivity index (χ1n) is 8.96. The number of carbonyl (C=O) groups excluding carboxylic acids is 1. The van der Waals surface area contributed by atoms with Crippen LogP contribution in [0.4, 0.5) is 5.82 Å². The van der Waals surface area contributed by atoms with E-state index in [0.717, 1.165) is 37.3 Å². The maximum Gasteiger partial charge on any atom is 0.255 e. The van der Waals surface area contributed by atoms with Crippen LogP contribution in [0.25, 0.3) is 0 Å². The minimum absolute atomic E-state index is 0.0727. The summed E-state index contributed by atoms with van der Waals surface area (Å²) in [5.74, 6) is 1.39. The molecule has 1 aromatic carbocycles. The average Bonchev–Trinajstić information content (AvgIpc) is 2.63. The van der Waals surface area contributed by atoms with E-state index in [4.69, 9.17) is 23.2 Å². The van der Waals surface area contributed by atoms with E-state index < -0.39 is 0 Å². The van der Waals surface area contributed by atoms with Gasteiger partial charge in [-0.2, -0.15) is 0 Å². The zero-order valence-electron chi connectivity index (χ0n) is 14.8. The van der Waals surface area contributed by atoms with Gasteiger partial charge in [0.1, 0.15) is 5.82 Å². The van der Waals surface area contributed by atoms with Crippen molar-refractivity contribution in [3.63, 3.8) is 0 Å². The zero-order chi connectivity index (χ0) is 18.5. The molecule has 1 aromatic heterocycles. The third kappa shape index (κ3) is 4.89. The molecule has 1 amide bonds. The van der Waals surface area contributed by atoms with Crippen LogP contribution in [0, 0.1) is 5.92 Å². The number of pyridine rings is 1. The smallest absolute Gasteiger partial charge is 0.255 e. The van der Waals surface area contributed by atoms with E-state index in [2.05, 4.69) is 17.2 Å². The van der Waals surface area contributed by atoms with Gasteiger partial charge in [-0.05, 0) is 55.0 Å². The number of likely N-dealkylation sites (tertiary alicyclic amines) is 1. The van der Waals surface area contributed by atoms with Crippen LogP contribution in [0.1, 0.15) is 35.7 Å². The molecule has 0 saturated carbocycles. The Morgan fingerprint density at radius 3 is 2.85 bits per heavy atom. The molecule has 1 N–H and O–H groups in total. The number of carbonyl (C=O) groups is 1. The van der Waals surface area contributed by atoms with Gasteiger partial charge in [0.15, 0.2) is 0 Å². The minimum atomic E-state index is 0.0727. The van der Waals surface area contributed by atoms with Gasteiger partial charge >= 0.3 is 0 Å². The lowest BCUT2D eigenvalue weighted by Crippen LogP contribution is -2.39. The van der Waals surface area contributed by atoms with Gasteiger partial charge in [-0.15, -0.1) is 0 Å². The zero-order valence-corrected chi connectivity index (χ0v) is 16.4. The fourth-order valence-corrected chi connectivity index (χ4v) is 3.73. The first-order valence-corrected chi connectivity index (χ1v) is 9.71. The highest BCUT2D eigenvalue weighted by molar-refractivity contribution is 6.35. The van der Waals surface area contributed by atoms with Crippen LogP contribution in [0.5, 0.6) is 0 Å². The van der Waals surface area contributed by atoms with Crippen molar-refractivity contribution in [2.24, 2.45) is 5.92 Å². The fraction of sp³-hybridized carbons (Fsp3) is 0.400. The lowest BCUT2D eigenvalue weighted by Gasteiger charge is -2.30. The number of rotatable bonds is 5. The number of hydrogen-bond acceptors (Lipinski definition) is 3. The van der Waals surface area contributed by atoms with Gasteiger partial charge in [0, 0.05) is 35.9 Å². The number of hydrogen-bond donors (Lipinski definition) is 1. The maximum atomic E-state index is 12.6. The molecule has 1 saturated heterocycles. The molecule has 0 radical (unpaired) electrons. The van der Waals surface area contributed by atoms with Crippen LogP contribution < -0.4 is 5.32 Å². The van der Waals surface area contributed by atoms with E-state index >= 15 is 0 Å². The summed E-state index contributed by atoms with van der Waals surface area (Å²) in [5, 5.41) is 4.57. The second-order valence-electron chi connectivity index (χ2n) is 6.84. The van der Waals surface area contributed by atoms with Gasteiger partial charge in [-0.3, -0.25) is 4.79 Å². The summed E-state index contributed by atoms with van der Waals surface area (Å²) in [6.45, 7) is 4.56. The van der Waals surface area contributed by atoms with E-state index in [9.17, 15) is 4.79 Å². The predicted octanol–water partition coefficient (Wildman–Crippen LogP) is 4.92. The van der Waals surface area contributed by atoms with Crippen LogP contribution in [-0.2, 0) is 6.42 Å². The number of nitrogens with zero attached hydrogens (tertiary/aromatic N) is 2. The Hall–Kier alpha value is -1.78. The Bertz CT molecular complexity index is 764. The maximum absolute atomic E-state index is 12.6. The number of benzene rings is 1. The number of amides is 1. The molecule has 1 atom stereocenters.